The van der Waals surface area contributed by atoms with Gasteiger partial charge in [0.15, 0.2) is 0 Å². The van der Waals surface area contributed by atoms with Gasteiger partial charge in [-0.15, -0.1) is 24.0 Å². The summed E-state index contributed by atoms with van der Waals surface area (Å²) < 4.78 is 0. The van der Waals surface area contributed by atoms with Crippen molar-refractivity contribution in [2.24, 2.45) is 0 Å². The lowest BCUT2D eigenvalue weighted by Gasteiger charge is -2.08. The van der Waals surface area contributed by atoms with E-state index in [1.807, 2.05) is 0 Å². The predicted octanol–water partition coefficient (Wildman–Crippen LogP) is 3.19. The third-order valence-electron chi connectivity index (χ3n) is 2.16. The second kappa shape index (κ2) is 8.24. The molecule has 2 heteroatoms. The number of rotatable bonds is 5. The van der Waals surface area contributed by atoms with Crippen LogP contribution in [0.1, 0.15) is 18.4 Å². The molecule has 80 valence electrons. The van der Waals surface area contributed by atoms with Crippen LogP contribution in [0.3, 0.4) is 0 Å². The Morgan fingerprint density at radius 2 is 1.64 bits per heavy atom. The molecule has 0 fully saturated rings. The van der Waals surface area contributed by atoms with Gasteiger partial charge in [0.25, 0.3) is 0 Å². The van der Waals surface area contributed by atoms with Gasteiger partial charge in [-0.1, -0.05) is 30.3 Å². The Bertz CT molecular complexity index is 221. The van der Waals surface area contributed by atoms with E-state index in [2.05, 4.69) is 49.3 Å². The van der Waals surface area contributed by atoms with Gasteiger partial charge < -0.3 is 4.90 Å². The minimum atomic E-state index is 0. The van der Waals surface area contributed by atoms with Crippen LogP contribution in [0.4, 0.5) is 0 Å². The van der Waals surface area contributed by atoms with Gasteiger partial charge in [0.1, 0.15) is 0 Å². The summed E-state index contributed by atoms with van der Waals surface area (Å²) in [6.45, 7) is 1.20. The molecular formula is C12H20IN. The van der Waals surface area contributed by atoms with Crippen molar-refractivity contribution in [2.75, 3.05) is 20.6 Å². The molecule has 0 spiro atoms. The Balaban J connectivity index is 0.00000169. The maximum absolute atomic E-state index is 2.24. The largest absolute Gasteiger partial charge is 0.309 e. The molecule has 0 saturated carbocycles. The summed E-state index contributed by atoms with van der Waals surface area (Å²) in [5.41, 5.74) is 1.46. The van der Waals surface area contributed by atoms with E-state index < -0.39 is 0 Å². The van der Waals surface area contributed by atoms with Crippen molar-refractivity contribution < 1.29 is 0 Å². The van der Waals surface area contributed by atoms with Crippen LogP contribution in [0.2, 0.25) is 0 Å². The monoisotopic (exact) mass is 305 g/mol. The highest BCUT2D eigenvalue weighted by molar-refractivity contribution is 14.0. The minimum absolute atomic E-state index is 0. The van der Waals surface area contributed by atoms with Gasteiger partial charge in [-0.05, 0) is 45.5 Å². The lowest BCUT2D eigenvalue weighted by molar-refractivity contribution is 0.394. The molecule has 0 bridgehead atoms. The van der Waals surface area contributed by atoms with E-state index in [0.29, 0.717) is 0 Å². The molecule has 1 nitrogen and oxygen atoms in total. The average molecular weight is 305 g/mol. The fourth-order valence-electron chi connectivity index (χ4n) is 1.40. The number of aryl methyl sites for hydroxylation is 1. The lowest BCUT2D eigenvalue weighted by Crippen LogP contribution is -2.12. The predicted molar refractivity (Wildman–Crippen MR) is 73.3 cm³/mol. The van der Waals surface area contributed by atoms with Gasteiger partial charge >= 0.3 is 0 Å². The molecule has 0 unspecified atom stereocenters. The molecule has 0 saturated heterocycles. The van der Waals surface area contributed by atoms with Gasteiger partial charge in [-0.25, -0.2) is 0 Å². The third kappa shape index (κ3) is 6.38. The van der Waals surface area contributed by atoms with Gasteiger partial charge in [-0.2, -0.15) is 0 Å². The molecular weight excluding hydrogens is 285 g/mol. The fourth-order valence-corrected chi connectivity index (χ4v) is 1.40. The van der Waals surface area contributed by atoms with Gasteiger partial charge in [-0.3, -0.25) is 0 Å². The minimum Gasteiger partial charge on any atom is -0.309 e. The molecule has 14 heavy (non-hydrogen) atoms. The zero-order valence-corrected chi connectivity index (χ0v) is 11.4. The van der Waals surface area contributed by atoms with Crippen LogP contribution in [0, 0.1) is 0 Å². The second-order valence-electron chi connectivity index (χ2n) is 3.75. The zero-order valence-electron chi connectivity index (χ0n) is 9.07. The van der Waals surface area contributed by atoms with Crippen LogP contribution in [0.5, 0.6) is 0 Å². The average Bonchev–Trinajstić information content (AvgIpc) is 2.14. The van der Waals surface area contributed by atoms with Crippen molar-refractivity contribution in [3.05, 3.63) is 35.9 Å². The van der Waals surface area contributed by atoms with Crippen LogP contribution in [0.15, 0.2) is 30.3 Å². The van der Waals surface area contributed by atoms with Gasteiger partial charge in [0.2, 0.25) is 0 Å². The quantitative estimate of drug-likeness (QED) is 0.596. The Morgan fingerprint density at radius 1 is 1.00 bits per heavy atom. The second-order valence-corrected chi connectivity index (χ2v) is 3.75. The maximum Gasteiger partial charge on any atom is -0.00247 e. The highest BCUT2D eigenvalue weighted by Gasteiger charge is 1.93. The van der Waals surface area contributed by atoms with Crippen LogP contribution >= 0.6 is 24.0 Å². The fraction of sp³-hybridized carbons (Fsp3) is 0.500. The van der Waals surface area contributed by atoms with Crippen molar-refractivity contribution in [3.63, 3.8) is 0 Å². The van der Waals surface area contributed by atoms with Crippen molar-refractivity contribution in [2.45, 2.75) is 19.3 Å². The lowest BCUT2D eigenvalue weighted by atomic mass is 10.1. The van der Waals surface area contributed by atoms with Crippen molar-refractivity contribution >= 4 is 24.0 Å². The summed E-state index contributed by atoms with van der Waals surface area (Å²) in [5.74, 6) is 0. The normalized spacial score (nSPS) is 9.93. The molecule has 0 aliphatic carbocycles. The van der Waals surface area contributed by atoms with E-state index >= 15 is 0 Å². The molecule has 0 aliphatic rings. The molecule has 1 aromatic carbocycles. The zero-order chi connectivity index (χ0) is 9.52. The van der Waals surface area contributed by atoms with Crippen LogP contribution in [-0.4, -0.2) is 25.5 Å². The van der Waals surface area contributed by atoms with Crippen molar-refractivity contribution in [3.8, 4) is 0 Å². The Hall–Kier alpha value is -0.0900. The number of hydrogen-bond donors (Lipinski definition) is 0. The first kappa shape index (κ1) is 13.9. The van der Waals surface area contributed by atoms with Gasteiger partial charge in [0, 0.05) is 0 Å². The number of benzene rings is 1. The Morgan fingerprint density at radius 3 is 2.21 bits per heavy atom. The molecule has 0 aromatic heterocycles. The van der Waals surface area contributed by atoms with E-state index in [1.165, 1.54) is 31.4 Å². The van der Waals surface area contributed by atoms with Crippen molar-refractivity contribution in [1.82, 2.24) is 4.90 Å². The third-order valence-corrected chi connectivity index (χ3v) is 2.16. The molecule has 0 aliphatic heterocycles. The summed E-state index contributed by atoms with van der Waals surface area (Å²) in [4.78, 5) is 2.24. The SMILES string of the molecule is CN(C)CCCCc1ccccc1.I. The van der Waals surface area contributed by atoms with Crippen LogP contribution < -0.4 is 0 Å². The molecule has 0 amide bonds. The topological polar surface area (TPSA) is 3.24 Å². The van der Waals surface area contributed by atoms with E-state index in [9.17, 15) is 0 Å². The van der Waals surface area contributed by atoms with Gasteiger partial charge in [0.05, 0.1) is 0 Å². The molecule has 1 rings (SSSR count). The van der Waals surface area contributed by atoms with Crippen molar-refractivity contribution in [1.29, 1.82) is 0 Å². The number of halogens is 1. The Labute approximate surface area is 105 Å². The van der Waals surface area contributed by atoms with E-state index in [1.54, 1.807) is 0 Å². The smallest absolute Gasteiger partial charge is 0.00247 e. The molecule has 1 aromatic rings. The van der Waals surface area contributed by atoms with E-state index in [0.717, 1.165) is 0 Å². The summed E-state index contributed by atoms with van der Waals surface area (Å²) in [6, 6.07) is 10.7. The molecule has 0 N–H and O–H groups in total. The highest BCUT2D eigenvalue weighted by Crippen LogP contribution is 2.04. The first-order valence-electron chi connectivity index (χ1n) is 4.97. The van der Waals surface area contributed by atoms with Crippen LogP contribution in [0.25, 0.3) is 0 Å². The summed E-state index contributed by atoms with van der Waals surface area (Å²) in [5, 5.41) is 0. The highest BCUT2D eigenvalue weighted by atomic mass is 127. The summed E-state index contributed by atoms with van der Waals surface area (Å²) in [7, 11) is 4.25. The summed E-state index contributed by atoms with van der Waals surface area (Å²) in [6.07, 6.45) is 3.80. The maximum atomic E-state index is 2.24. The number of unbranched alkanes of at least 4 members (excludes halogenated alkanes) is 1. The first-order chi connectivity index (χ1) is 6.29. The van der Waals surface area contributed by atoms with E-state index in [4.69, 9.17) is 0 Å². The number of nitrogens with zero attached hydrogens (tertiary/aromatic N) is 1. The first-order valence-corrected chi connectivity index (χ1v) is 4.97. The molecule has 0 radical (unpaired) electrons. The standard InChI is InChI=1S/C12H19N.HI/c1-13(2)11-7-6-10-12-8-4-3-5-9-12;/h3-5,8-9H,6-7,10-11H2,1-2H3;1H. The summed E-state index contributed by atoms with van der Waals surface area (Å²) >= 11 is 0. The number of hydrogen-bond acceptors (Lipinski definition) is 1. The van der Waals surface area contributed by atoms with Crippen LogP contribution in [-0.2, 0) is 6.42 Å². The van der Waals surface area contributed by atoms with E-state index in [-0.39, 0.29) is 24.0 Å². The molecule has 0 heterocycles. The Kier molecular flexibility index (Phi) is 8.18. The molecule has 0 atom stereocenters.